The minimum atomic E-state index is -0.550. The van der Waals surface area contributed by atoms with E-state index in [-0.39, 0.29) is 30.2 Å². The zero-order valence-electron chi connectivity index (χ0n) is 17.2. The molecule has 0 saturated carbocycles. The zero-order valence-corrected chi connectivity index (χ0v) is 18.0. The molecule has 0 radical (unpaired) electrons. The summed E-state index contributed by atoms with van der Waals surface area (Å²) in [7, 11) is 0. The number of nitrogens with one attached hydrogen (secondary N) is 1. The highest BCUT2D eigenvalue weighted by atomic mass is 32.1. The summed E-state index contributed by atoms with van der Waals surface area (Å²) < 4.78 is 5.18. The van der Waals surface area contributed by atoms with Gasteiger partial charge in [0.25, 0.3) is 5.69 Å². The number of benzene rings is 2. The van der Waals surface area contributed by atoms with Crippen molar-refractivity contribution in [2.24, 2.45) is 0 Å². The van der Waals surface area contributed by atoms with E-state index in [0.29, 0.717) is 22.5 Å². The molecule has 7 nitrogen and oxygen atoms in total. The standard InChI is InChI=1S/C23H22N2O5S/c1-3-30-23(27)21-19(17-9-11-18(12-10-17)25(28)29)14-31-22(21)24-20(26)13-8-16-6-4-15(2)5-7-16/h4-7,9-12,14H,3,8,13H2,1-2H3,(H,24,26). The molecule has 160 valence electrons. The molecular formula is C23H22N2O5S. The number of anilines is 1. The number of carbonyl (C=O) groups excluding carboxylic acids is 2. The van der Waals surface area contributed by atoms with Crippen molar-refractivity contribution < 1.29 is 19.2 Å². The normalized spacial score (nSPS) is 10.5. The first-order chi connectivity index (χ1) is 14.9. The van der Waals surface area contributed by atoms with Gasteiger partial charge in [-0.15, -0.1) is 11.3 Å². The van der Waals surface area contributed by atoms with Gasteiger partial charge in [0.1, 0.15) is 10.6 Å². The summed E-state index contributed by atoms with van der Waals surface area (Å²) >= 11 is 1.22. The van der Waals surface area contributed by atoms with Crippen molar-refractivity contribution in [3.05, 3.63) is 80.7 Å². The number of thiophene rings is 1. The Hall–Kier alpha value is -3.52. The van der Waals surface area contributed by atoms with E-state index in [9.17, 15) is 19.7 Å². The number of nitro benzene ring substituents is 1. The summed E-state index contributed by atoms with van der Waals surface area (Å²) in [6, 6.07) is 13.9. The van der Waals surface area contributed by atoms with Crippen LogP contribution in [-0.2, 0) is 16.0 Å². The lowest BCUT2D eigenvalue weighted by Gasteiger charge is -2.09. The molecule has 1 N–H and O–H groups in total. The van der Waals surface area contributed by atoms with Crippen LogP contribution in [0.2, 0.25) is 0 Å². The highest BCUT2D eigenvalue weighted by molar-refractivity contribution is 7.15. The summed E-state index contributed by atoms with van der Waals surface area (Å²) in [5.74, 6) is -0.755. The molecule has 0 bridgehead atoms. The number of hydrogen-bond acceptors (Lipinski definition) is 6. The number of hydrogen-bond donors (Lipinski definition) is 1. The van der Waals surface area contributed by atoms with Crippen LogP contribution in [0, 0.1) is 17.0 Å². The molecule has 0 unspecified atom stereocenters. The van der Waals surface area contributed by atoms with Gasteiger partial charge >= 0.3 is 5.97 Å². The van der Waals surface area contributed by atoms with E-state index >= 15 is 0 Å². The number of aryl methyl sites for hydroxylation is 2. The summed E-state index contributed by atoms with van der Waals surface area (Å²) in [5.41, 5.74) is 3.62. The molecule has 1 amide bonds. The van der Waals surface area contributed by atoms with Crippen molar-refractivity contribution in [1.29, 1.82) is 0 Å². The molecule has 0 aliphatic heterocycles. The molecule has 31 heavy (non-hydrogen) atoms. The fourth-order valence-corrected chi connectivity index (χ4v) is 4.01. The van der Waals surface area contributed by atoms with Gasteiger partial charge in [-0.1, -0.05) is 29.8 Å². The summed E-state index contributed by atoms with van der Waals surface area (Å²) in [4.78, 5) is 35.6. The number of amides is 1. The fraction of sp³-hybridized carbons (Fsp3) is 0.217. The third kappa shape index (κ3) is 5.55. The van der Waals surface area contributed by atoms with Gasteiger partial charge in [-0.25, -0.2) is 4.79 Å². The highest BCUT2D eigenvalue weighted by Gasteiger charge is 2.23. The highest BCUT2D eigenvalue weighted by Crippen LogP contribution is 2.37. The maximum absolute atomic E-state index is 12.6. The first kappa shape index (κ1) is 22.2. The Morgan fingerprint density at radius 1 is 1.10 bits per heavy atom. The van der Waals surface area contributed by atoms with E-state index in [0.717, 1.165) is 11.1 Å². The van der Waals surface area contributed by atoms with E-state index in [4.69, 9.17) is 4.74 Å². The molecule has 1 aromatic heterocycles. The smallest absolute Gasteiger partial charge is 0.341 e. The predicted octanol–water partition coefficient (Wildman–Crippen LogP) is 5.38. The number of rotatable bonds is 8. The fourth-order valence-electron chi connectivity index (χ4n) is 3.03. The Bertz CT molecular complexity index is 1090. The second kappa shape index (κ2) is 9.99. The van der Waals surface area contributed by atoms with Gasteiger partial charge in [-0.05, 0) is 43.5 Å². The average molecular weight is 439 g/mol. The SMILES string of the molecule is CCOC(=O)c1c(-c2ccc([N+](=O)[O-])cc2)csc1NC(=O)CCc1ccc(C)cc1. The van der Waals surface area contributed by atoms with Crippen molar-refractivity contribution in [1.82, 2.24) is 0 Å². The van der Waals surface area contributed by atoms with Gasteiger partial charge in [0.15, 0.2) is 0 Å². The van der Waals surface area contributed by atoms with Crippen LogP contribution in [0.5, 0.6) is 0 Å². The molecule has 3 rings (SSSR count). The number of esters is 1. The van der Waals surface area contributed by atoms with Crippen LogP contribution < -0.4 is 5.32 Å². The lowest BCUT2D eigenvalue weighted by Crippen LogP contribution is -2.15. The molecule has 2 aromatic carbocycles. The van der Waals surface area contributed by atoms with Crippen LogP contribution >= 0.6 is 11.3 Å². The molecule has 0 fully saturated rings. The van der Waals surface area contributed by atoms with Gasteiger partial charge in [-0.3, -0.25) is 14.9 Å². The lowest BCUT2D eigenvalue weighted by atomic mass is 10.0. The minimum Gasteiger partial charge on any atom is -0.462 e. The Kier molecular flexibility index (Phi) is 7.15. The monoisotopic (exact) mass is 438 g/mol. The summed E-state index contributed by atoms with van der Waals surface area (Å²) in [6.07, 6.45) is 0.859. The number of nitro groups is 1. The van der Waals surface area contributed by atoms with E-state index in [2.05, 4.69) is 5.32 Å². The summed E-state index contributed by atoms with van der Waals surface area (Å²) in [5, 5.41) is 15.9. The Morgan fingerprint density at radius 2 is 1.77 bits per heavy atom. The first-order valence-electron chi connectivity index (χ1n) is 9.78. The van der Waals surface area contributed by atoms with Crippen molar-refractivity contribution in [3.63, 3.8) is 0 Å². The van der Waals surface area contributed by atoms with Crippen LogP contribution in [0.1, 0.15) is 34.8 Å². The van der Waals surface area contributed by atoms with E-state index < -0.39 is 10.9 Å². The first-order valence-corrected chi connectivity index (χ1v) is 10.7. The number of non-ortho nitro benzene ring substituents is 1. The van der Waals surface area contributed by atoms with Crippen molar-refractivity contribution in [2.45, 2.75) is 26.7 Å². The zero-order chi connectivity index (χ0) is 22.4. The van der Waals surface area contributed by atoms with Crippen LogP contribution in [0.3, 0.4) is 0 Å². The second-order valence-electron chi connectivity index (χ2n) is 6.91. The van der Waals surface area contributed by atoms with Crippen LogP contribution in [0.25, 0.3) is 11.1 Å². The molecule has 1 heterocycles. The van der Waals surface area contributed by atoms with Crippen molar-refractivity contribution in [2.75, 3.05) is 11.9 Å². The topological polar surface area (TPSA) is 98.5 Å². The van der Waals surface area contributed by atoms with Gasteiger partial charge in [-0.2, -0.15) is 0 Å². The molecular weight excluding hydrogens is 416 g/mol. The summed E-state index contributed by atoms with van der Waals surface area (Å²) in [6.45, 7) is 3.90. The number of nitrogens with zero attached hydrogens (tertiary/aromatic N) is 1. The molecule has 8 heteroatoms. The minimum absolute atomic E-state index is 0.0405. The average Bonchev–Trinajstić information content (AvgIpc) is 3.17. The van der Waals surface area contributed by atoms with E-state index in [1.165, 1.54) is 23.5 Å². The molecule has 0 aliphatic rings. The number of carbonyl (C=O) groups is 2. The van der Waals surface area contributed by atoms with Gasteiger partial charge in [0.05, 0.1) is 11.5 Å². The number of ether oxygens (including phenoxy) is 1. The second-order valence-corrected chi connectivity index (χ2v) is 7.79. The quantitative estimate of drug-likeness (QED) is 0.289. The molecule has 3 aromatic rings. The van der Waals surface area contributed by atoms with Gasteiger partial charge in [0, 0.05) is 29.5 Å². The van der Waals surface area contributed by atoms with E-state index in [1.54, 1.807) is 24.4 Å². The maximum atomic E-state index is 12.6. The Morgan fingerprint density at radius 3 is 2.39 bits per heavy atom. The Labute approximate surface area is 183 Å². The molecule has 0 spiro atoms. The van der Waals surface area contributed by atoms with Crippen LogP contribution in [-0.4, -0.2) is 23.4 Å². The van der Waals surface area contributed by atoms with Crippen molar-refractivity contribution >= 4 is 33.9 Å². The lowest BCUT2D eigenvalue weighted by molar-refractivity contribution is -0.384. The largest absolute Gasteiger partial charge is 0.462 e. The van der Waals surface area contributed by atoms with Gasteiger partial charge in [0.2, 0.25) is 5.91 Å². The van der Waals surface area contributed by atoms with Crippen LogP contribution in [0.15, 0.2) is 53.9 Å². The third-order valence-electron chi connectivity index (χ3n) is 4.67. The van der Waals surface area contributed by atoms with Crippen LogP contribution in [0.4, 0.5) is 10.7 Å². The van der Waals surface area contributed by atoms with E-state index in [1.807, 2.05) is 31.2 Å². The molecule has 0 atom stereocenters. The molecule has 0 saturated heterocycles. The predicted molar refractivity (Wildman–Crippen MR) is 120 cm³/mol. The van der Waals surface area contributed by atoms with Crippen molar-refractivity contribution in [3.8, 4) is 11.1 Å². The third-order valence-corrected chi connectivity index (χ3v) is 5.57. The maximum Gasteiger partial charge on any atom is 0.341 e. The Balaban J connectivity index is 1.80. The van der Waals surface area contributed by atoms with Gasteiger partial charge < -0.3 is 10.1 Å². The molecule has 0 aliphatic carbocycles.